The minimum Gasteiger partial charge on any atom is -0.366 e. The molecular weight excluding hydrogens is 262 g/mol. The summed E-state index contributed by atoms with van der Waals surface area (Å²) in [5.41, 5.74) is 1.79. The number of hydrogen-bond donors (Lipinski definition) is 2. The number of hydrogen-bond acceptors (Lipinski definition) is 3. The summed E-state index contributed by atoms with van der Waals surface area (Å²) in [5.74, 6) is 0.703. The quantitative estimate of drug-likeness (QED) is 0.767. The number of pyridine rings is 1. The van der Waals surface area contributed by atoms with Crippen molar-refractivity contribution in [1.29, 1.82) is 0 Å². The smallest absolute Gasteiger partial charge is 0.252 e. The number of aromatic nitrogens is 1. The topological polar surface area (TPSA) is 54.0 Å². The highest BCUT2D eigenvalue weighted by molar-refractivity contribution is 5.94. The van der Waals surface area contributed by atoms with Gasteiger partial charge in [-0.1, -0.05) is 43.7 Å². The summed E-state index contributed by atoms with van der Waals surface area (Å²) in [5, 5.41) is 6.11. The van der Waals surface area contributed by atoms with Crippen LogP contribution in [0.3, 0.4) is 0 Å². The second kappa shape index (κ2) is 8.04. The number of nitrogens with one attached hydrogen (secondary N) is 2. The van der Waals surface area contributed by atoms with Crippen molar-refractivity contribution >= 4 is 11.7 Å². The number of nitrogens with zero attached hydrogens (tertiary/aromatic N) is 1. The van der Waals surface area contributed by atoms with Gasteiger partial charge in [-0.2, -0.15) is 0 Å². The summed E-state index contributed by atoms with van der Waals surface area (Å²) in [6, 6.07) is 13.8. The fraction of sp³-hybridized carbons (Fsp3) is 0.294. The molecule has 1 aromatic carbocycles. The van der Waals surface area contributed by atoms with Crippen molar-refractivity contribution < 1.29 is 4.79 Å². The molecule has 4 heteroatoms. The highest BCUT2D eigenvalue weighted by atomic mass is 16.1. The van der Waals surface area contributed by atoms with Gasteiger partial charge in [0.05, 0.1) is 5.56 Å². The number of unbranched alkanes of at least 4 members (excludes halogenated alkanes) is 1. The van der Waals surface area contributed by atoms with E-state index in [4.69, 9.17) is 0 Å². The molecule has 2 N–H and O–H groups in total. The molecule has 0 atom stereocenters. The largest absolute Gasteiger partial charge is 0.366 e. The van der Waals surface area contributed by atoms with E-state index in [-0.39, 0.29) is 5.91 Å². The highest BCUT2D eigenvalue weighted by Crippen LogP contribution is 2.07. The summed E-state index contributed by atoms with van der Waals surface area (Å²) < 4.78 is 0. The molecule has 0 aliphatic carbocycles. The molecule has 110 valence electrons. The van der Waals surface area contributed by atoms with Gasteiger partial charge in [0.15, 0.2) is 0 Å². The first-order chi connectivity index (χ1) is 10.3. The first-order valence-corrected chi connectivity index (χ1v) is 7.31. The van der Waals surface area contributed by atoms with Crippen molar-refractivity contribution in [3.05, 3.63) is 59.8 Å². The van der Waals surface area contributed by atoms with Crippen molar-refractivity contribution in [1.82, 2.24) is 10.3 Å². The van der Waals surface area contributed by atoms with E-state index in [1.54, 1.807) is 12.3 Å². The van der Waals surface area contributed by atoms with E-state index in [0.29, 0.717) is 12.1 Å². The Morgan fingerprint density at radius 3 is 2.62 bits per heavy atom. The first kappa shape index (κ1) is 15.0. The molecule has 21 heavy (non-hydrogen) atoms. The molecule has 0 radical (unpaired) electrons. The lowest BCUT2D eigenvalue weighted by atomic mass is 10.2. The molecule has 0 spiro atoms. The summed E-state index contributed by atoms with van der Waals surface area (Å²) in [6.07, 6.45) is 3.67. The molecule has 0 bridgehead atoms. The third-order valence-electron chi connectivity index (χ3n) is 3.16. The van der Waals surface area contributed by atoms with E-state index in [1.165, 1.54) is 5.56 Å². The minimum atomic E-state index is -0.0643. The molecule has 2 aromatic rings. The standard InChI is InChI=1S/C17H21N3O/c1-2-3-11-18-17(21)15-9-10-16(20-13-15)19-12-14-7-5-4-6-8-14/h4-10,13H,2-3,11-12H2,1H3,(H,18,21)(H,19,20). The van der Waals surface area contributed by atoms with Crippen molar-refractivity contribution in [2.75, 3.05) is 11.9 Å². The second-order valence-corrected chi connectivity index (χ2v) is 4.88. The van der Waals surface area contributed by atoms with Gasteiger partial charge in [0.2, 0.25) is 0 Å². The van der Waals surface area contributed by atoms with E-state index in [1.807, 2.05) is 24.3 Å². The van der Waals surface area contributed by atoms with E-state index >= 15 is 0 Å². The molecular formula is C17H21N3O. The summed E-state index contributed by atoms with van der Waals surface area (Å²) in [6.45, 7) is 3.53. The van der Waals surface area contributed by atoms with Crippen LogP contribution in [0.4, 0.5) is 5.82 Å². The molecule has 0 fully saturated rings. The fourth-order valence-corrected chi connectivity index (χ4v) is 1.90. The third kappa shape index (κ3) is 4.91. The van der Waals surface area contributed by atoms with Gasteiger partial charge in [-0.25, -0.2) is 4.98 Å². The van der Waals surface area contributed by atoms with Crippen molar-refractivity contribution in [2.45, 2.75) is 26.3 Å². The third-order valence-corrected chi connectivity index (χ3v) is 3.16. The van der Waals surface area contributed by atoms with E-state index < -0.39 is 0 Å². The molecule has 2 rings (SSSR count). The predicted octanol–water partition coefficient (Wildman–Crippen LogP) is 3.22. The maximum atomic E-state index is 11.8. The lowest BCUT2D eigenvalue weighted by Crippen LogP contribution is -2.24. The van der Waals surface area contributed by atoms with Crippen LogP contribution in [0, 0.1) is 0 Å². The number of anilines is 1. The molecule has 4 nitrogen and oxygen atoms in total. The van der Waals surface area contributed by atoms with E-state index in [9.17, 15) is 4.79 Å². The highest BCUT2D eigenvalue weighted by Gasteiger charge is 2.05. The lowest BCUT2D eigenvalue weighted by Gasteiger charge is -2.07. The van der Waals surface area contributed by atoms with Crippen LogP contribution in [-0.4, -0.2) is 17.4 Å². The lowest BCUT2D eigenvalue weighted by molar-refractivity contribution is 0.0953. The Hall–Kier alpha value is -2.36. The van der Waals surface area contributed by atoms with Gasteiger partial charge in [-0.15, -0.1) is 0 Å². The summed E-state index contributed by atoms with van der Waals surface area (Å²) >= 11 is 0. The Morgan fingerprint density at radius 1 is 1.14 bits per heavy atom. The maximum Gasteiger partial charge on any atom is 0.252 e. The Bertz CT molecular complexity index is 552. The van der Waals surface area contributed by atoms with Gasteiger partial charge in [-0.3, -0.25) is 4.79 Å². The molecule has 0 unspecified atom stereocenters. The molecule has 1 amide bonds. The maximum absolute atomic E-state index is 11.8. The van der Waals surface area contributed by atoms with Crippen LogP contribution in [0.25, 0.3) is 0 Å². The molecule has 0 saturated heterocycles. The van der Waals surface area contributed by atoms with Gasteiger partial charge < -0.3 is 10.6 Å². The number of amides is 1. The van der Waals surface area contributed by atoms with Crippen molar-refractivity contribution in [3.63, 3.8) is 0 Å². The number of rotatable bonds is 7. The molecule has 0 aliphatic rings. The van der Waals surface area contributed by atoms with Crippen molar-refractivity contribution in [2.24, 2.45) is 0 Å². The molecule has 1 heterocycles. The van der Waals surface area contributed by atoms with Crippen molar-refractivity contribution in [3.8, 4) is 0 Å². The zero-order valence-corrected chi connectivity index (χ0v) is 12.3. The Kier molecular flexibility index (Phi) is 5.76. The molecule has 0 aliphatic heterocycles. The number of carbonyl (C=O) groups excluding carboxylic acids is 1. The van der Waals surface area contributed by atoms with Crippen LogP contribution >= 0.6 is 0 Å². The minimum absolute atomic E-state index is 0.0643. The monoisotopic (exact) mass is 283 g/mol. The van der Waals surface area contributed by atoms with Gasteiger partial charge in [0.25, 0.3) is 5.91 Å². The zero-order chi connectivity index (χ0) is 14.9. The Labute approximate surface area is 125 Å². The van der Waals surface area contributed by atoms with Crippen LogP contribution in [0.1, 0.15) is 35.7 Å². The number of benzene rings is 1. The normalized spacial score (nSPS) is 10.1. The Morgan fingerprint density at radius 2 is 1.95 bits per heavy atom. The average Bonchev–Trinajstić information content (AvgIpc) is 2.54. The first-order valence-electron chi connectivity index (χ1n) is 7.31. The van der Waals surface area contributed by atoms with Crippen LogP contribution in [0.15, 0.2) is 48.7 Å². The molecule has 1 aromatic heterocycles. The average molecular weight is 283 g/mol. The Balaban J connectivity index is 1.85. The SMILES string of the molecule is CCCCNC(=O)c1ccc(NCc2ccccc2)nc1. The fourth-order valence-electron chi connectivity index (χ4n) is 1.90. The van der Waals surface area contributed by atoms with E-state index in [0.717, 1.165) is 25.2 Å². The van der Waals surface area contributed by atoms with E-state index in [2.05, 4.69) is 34.7 Å². The number of carbonyl (C=O) groups is 1. The zero-order valence-electron chi connectivity index (χ0n) is 12.3. The van der Waals surface area contributed by atoms with Gasteiger partial charge >= 0.3 is 0 Å². The van der Waals surface area contributed by atoms with Crippen LogP contribution in [-0.2, 0) is 6.54 Å². The van der Waals surface area contributed by atoms with Crippen LogP contribution in [0.2, 0.25) is 0 Å². The van der Waals surface area contributed by atoms with Crippen LogP contribution < -0.4 is 10.6 Å². The summed E-state index contributed by atoms with van der Waals surface area (Å²) in [4.78, 5) is 16.1. The molecule has 0 saturated carbocycles. The van der Waals surface area contributed by atoms with Gasteiger partial charge in [-0.05, 0) is 24.1 Å². The van der Waals surface area contributed by atoms with Gasteiger partial charge in [0, 0.05) is 19.3 Å². The second-order valence-electron chi connectivity index (χ2n) is 4.88. The predicted molar refractivity (Wildman–Crippen MR) is 85.2 cm³/mol. The summed E-state index contributed by atoms with van der Waals surface area (Å²) in [7, 11) is 0. The van der Waals surface area contributed by atoms with Gasteiger partial charge in [0.1, 0.15) is 5.82 Å². The van der Waals surface area contributed by atoms with Crippen LogP contribution in [0.5, 0.6) is 0 Å².